The maximum Gasteiger partial charge on any atom is 0.252 e. The van der Waals surface area contributed by atoms with E-state index in [1.807, 2.05) is 0 Å². The van der Waals surface area contributed by atoms with Gasteiger partial charge in [-0.3, -0.25) is 4.79 Å². The van der Waals surface area contributed by atoms with Crippen LogP contribution in [0, 0.1) is 0 Å². The highest BCUT2D eigenvalue weighted by Crippen LogP contribution is 2.23. The van der Waals surface area contributed by atoms with Gasteiger partial charge in [-0.2, -0.15) is 5.10 Å². The zero-order chi connectivity index (χ0) is 11.7. The Kier molecular flexibility index (Phi) is 2.66. The lowest BCUT2D eigenvalue weighted by atomic mass is 10.1. The number of nitrogens with zero attached hydrogens (tertiary/aromatic N) is 2. The maximum absolute atomic E-state index is 11.3. The van der Waals surface area contributed by atoms with E-state index in [2.05, 4.69) is 21.0 Å². The number of aromatic nitrogens is 2. The molecule has 16 heavy (non-hydrogen) atoms. The van der Waals surface area contributed by atoms with Crippen molar-refractivity contribution in [1.29, 1.82) is 0 Å². The number of amides is 1. The van der Waals surface area contributed by atoms with Crippen LogP contribution in [0.1, 0.15) is 10.4 Å². The third kappa shape index (κ3) is 1.79. The van der Waals surface area contributed by atoms with Crippen molar-refractivity contribution in [2.75, 3.05) is 5.73 Å². The zero-order valence-electron chi connectivity index (χ0n) is 8.22. The van der Waals surface area contributed by atoms with E-state index in [9.17, 15) is 4.79 Å². The number of anilines is 1. The largest absolute Gasteiger partial charge is 0.396 e. The van der Waals surface area contributed by atoms with Crippen LogP contribution in [0.25, 0.3) is 5.69 Å². The summed E-state index contributed by atoms with van der Waals surface area (Å²) in [4.78, 5) is 11.3. The van der Waals surface area contributed by atoms with Crippen molar-refractivity contribution in [3.05, 3.63) is 40.6 Å². The monoisotopic (exact) mass is 280 g/mol. The first-order valence-corrected chi connectivity index (χ1v) is 5.27. The quantitative estimate of drug-likeness (QED) is 0.870. The molecular formula is C10H9BrN4O. The Morgan fingerprint density at radius 2 is 2.19 bits per heavy atom. The number of nitrogens with two attached hydrogens (primary N) is 2. The third-order valence-electron chi connectivity index (χ3n) is 2.09. The van der Waals surface area contributed by atoms with Crippen LogP contribution in [-0.2, 0) is 0 Å². The van der Waals surface area contributed by atoms with Crippen molar-refractivity contribution in [2.45, 2.75) is 0 Å². The predicted octanol–water partition coefficient (Wildman–Crippen LogP) is 1.32. The summed E-state index contributed by atoms with van der Waals surface area (Å²) >= 11 is 3.28. The van der Waals surface area contributed by atoms with E-state index in [1.54, 1.807) is 24.4 Å². The molecule has 2 rings (SSSR count). The van der Waals surface area contributed by atoms with Crippen LogP contribution in [0.3, 0.4) is 0 Å². The highest BCUT2D eigenvalue weighted by molar-refractivity contribution is 9.10. The molecule has 0 saturated heterocycles. The smallest absolute Gasteiger partial charge is 0.252 e. The molecule has 0 aliphatic rings. The molecule has 0 saturated carbocycles. The zero-order valence-corrected chi connectivity index (χ0v) is 9.81. The fourth-order valence-electron chi connectivity index (χ4n) is 1.42. The van der Waals surface area contributed by atoms with Crippen molar-refractivity contribution in [1.82, 2.24) is 9.78 Å². The Morgan fingerprint density at radius 3 is 2.75 bits per heavy atom. The molecule has 0 atom stereocenters. The van der Waals surface area contributed by atoms with Crippen LogP contribution in [-0.4, -0.2) is 15.7 Å². The van der Waals surface area contributed by atoms with Gasteiger partial charge in [-0.25, -0.2) is 4.68 Å². The Balaban J connectivity index is 2.65. The molecule has 0 spiro atoms. The minimum atomic E-state index is -0.517. The summed E-state index contributed by atoms with van der Waals surface area (Å²) in [6.07, 6.45) is 3.12. The number of hydrogen-bond acceptors (Lipinski definition) is 3. The summed E-state index contributed by atoms with van der Waals surface area (Å²) in [5.41, 5.74) is 12.4. The standard InChI is InChI=1S/C10H9BrN4O/c11-7-2-1-3-8(9(7)10(13)16)15-5-6(12)4-14-15/h1-5H,12H2,(H2,13,16). The minimum absolute atomic E-state index is 0.380. The first-order chi connectivity index (χ1) is 7.59. The summed E-state index contributed by atoms with van der Waals surface area (Å²) in [7, 11) is 0. The van der Waals surface area contributed by atoms with E-state index in [1.165, 1.54) is 10.9 Å². The molecule has 2 aromatic rings. The van der Waals surface area contributed by atoms with Crippen molar-refractivity contribution >= 4 is 27.5 Å². The van der Waals surface area contributed by atoms with Crippen LogP contribution in [0.4, 0.5) is 5.69 Å². The molecule has 0 aliphatic heterocycles. The van der Waals surface area contributed by atoms with Gasteiger partial charge in [0.15, 0.2) is 0 Å². The van der Waals surface area contributed by atoms with Gasteiger partial charge in [0.25, 0.3) is 5.91 Å². The van der Waals surface area contributed by atoms with Crippen LogP contribution >= 0.6 is 15.9 Å². The molecule has 0 bridgehead atoms. The maximum atomic E-state index is 11.3. The van der Waals surface area contributed by atoms with Gasteiger partial charge in [0.05, 0.1) is 29.3 Å². The highest BCUT2D eigenvalue weighted by atomic mass is 79.9. The molecule has 82 valence electrons. The number of carbonyl (C=O) groups is 1. The van der Waals surface area contributed by atoms with E-state index in [-0.39, 0.29) is 0 Å². The van der Waals surface area contributed by atoms with Gasteiger partial charge in [0.2, 0.25) is 0 Å². The number of nitrogen functional groups attached to an aromatic ring is 1. The van der Waals surface area contributed by atoms with Crippen LogP contribution in [0.15, 0.2) is 35.1 Å². The fraction of sp³-hybridized carbons (Fsp3) is 0. The number of hydrogen-bond donors (Lipinski definition) is 2. The predicted molar refractivity (Wildman–Crippen MR) is 64.2 cm³/mol. The van der Waals surface area contributed by atoms with Crippen molar-refractivity contribution in [3.63, 3.8) is 0 Å². The molecule has 0 unspecified atom stereocenters. The molecule has 1 aromatic carbocycles. The van der Waals surface area contributed by atoms with Crippen LogP contribution in [0.2, 0.25) is 0 Å². The lowest BCUT2D eigenvalue weighted by Crippen LogP contribution is -2.15. The van der Waals surface area contributed by atoms with E-state index in [0.29, 0.717) is 21.4 Å². The molecule has 1 amide bonds. The number of carbonyl (C=O) groups excluding carboxylic acids is 1. The molecule has 1 aromatic heterocycles. The van der Waals surface area contributed by atoms with Gasteiger partial charge in [-0.1, -0.05) is 6.07 Å². The molecule has 0 aliphatic carbocycles. The normalized spacial score (nSPS) is 10.3. The molecule has 1 heterocycles. The van der Waals surface area contributed by atoms with E-state index in [0.717, 1.165) is 0 Å². The van der Waals surface area contributed by atoms with Crippen LogP contribution in [0.5, 0.6) is 0 Å². The van der Waals surface area contributed by atoms with Gasteiger partial charge in [0.1, 0.15) is 0 Å². The second-order valence-electron chi connectivity index (χ2n) is 3.22. The average Bonchev–Trinajstić information content (AvgIpc) is 2.63. The first-order valence-electron chi connectivity index (χ1n) is 4.48. The topological polar surface area (TPSA) is 86.9 Å². The van der Waals surface area contributed by atoms with Crippen molar-refractivity contribution < 1.29 is 4.79 Å². The Hall–Kier alpha value is -1.82. The second-order valence-corrected chi connectivity index (χ2v) is 4.07. The molecular weight excluding hydrogens is 272 g/mol. The summed E-state index contributed by atoms with van der Waals surface area (Å²) in [6.45, 7) is 0. The Labute approximate surface area is 100 Å². The molecule has 0 fully saturated rings. The van der Waals surface area contributed by atoms with Gasteiger partial charge < -0.3 is 11.5 Å². The van der Waals surface area contributed by atoms with Crippen molar-refractivity contribution in [2.24, 2.45) is 5.73 Å². The number of rotatable bonds is 2. The summed E-state index contributed by atoms with van der Waals surface area (Å²) in [5.74, 6) is -0.517. The molecule has 6 heteroatoms. The Bertz CT molecular complexity index is 550. The lowest BCUT2D eigenvalue weighted by molar-refractivity contribution is 0.0999. The van der Waals surface area contributed by atoms with Crippen LogP contribution < -0.4 is 11.5 Å². The molecule has 0 radical (unpaired) electrons. The molecule has 5 nitrogen and oxygen atoms in total. The van der Waals surface area contributed by atoms with Gasteiger partial charge in [-0.05, 0) is 28.1 Å². The van der Waals surface area contributed by atoms with Gasteiger partial charge in [0, 0.05) is 4.47 Å². The van der Waals surface area contributed by atoms with E-state index < -0.39 is 5.91 Å². The summed E-state index contributed by atoms with van der Waals surface area (Å²) in [5, 5.41) is 4.03. The SMILES string of the molecule is NC(=O)c1c(Br)cccc1-n1cc(N)cn1. The van der Waals surface area contributed by atoms with Gasteiger partial charge in [-0.15, -0.1) is 0 Å². The summed E-state index contributed by atoms with van der Waals surface area (Å²) in [6, 6.07) is 5.29. The van der Waals surface area contributed by atoms with E-state index >= 15 is 0 Å². The highest BCUT2D eigenvalue weighted by Gasteiger charge is 2.13. The number of primary amides is 1. The number of benzene rings is 1. The van der Waals surface area contributed by atoms with Gasteiger partial charge >= 0.3 is 0 Å². The fourth-order valence-corrected chi connectivity index (χ4v) is 1.97. The Morgan fingerprint density at radius 1 is 1.44 bits per heavy atom. The number of halogens is 1. The second kappa shape index (κ2) is 3.97. The van der Waals surface area contributed by atoms with E-state index in [4.69, 9.17) is 11.5 Å². The summed E-state index contributed by atoms with van der Waals surface area (Å²) < 4.78 is 2.15. The minimum Gasteiger partial charge on any atom is -0.396 e. The molecule has 4 N–H and O–H groups in total. The first kappa shape index (κ1) is 10.7. The lowest BCUT2D eigenvalue weighted by Gasteiger charge is -2.08. The van der Waals surface area contributed by atoms with Crippen molar-refractivity contribution in [3.8, 4) is 5.69 Å². The average molecular weight is 281 g/mol. The third-order valence-corrected chi connectivity index (χ3v) is 2.75.